The molecule has 1 heterocycles. The molecule has 1 aromatic rings. The number of rotatable bonds is 2. The van der Waals surface area contributed by atoms with Crippen molar-refractivity contribution in [3.8, 4) is 5.75 Å². The van der Waals surface area contributed by atoms with Gasteiger partial charge in [0.25, 0.3) is 0 Å². The van der Waals surface area contributed by atoms with Gasteiger partial charge in [0.05, 0.1) is 30.8 Å². The zero-order valence-corrected chi connectivity index (χ0v) is 11.5. The van der Waals surface area contributed by atoms with Gasteiger partial charge in [-0.15, -0.1) is 0 Å². The molecule has 1 aromatic carbocycles. The molecule has 5 heteroatoms. The van der Waals surface area contributed by atoms with Gasteiger partial charge in [0, 0.05) is 5.56 Å². The quantitative estimate of drug-likeness (QED) is 0.908. The maximum absolute atomic E-state index is 5.73. The van der Waals surface area contributed by atoms with Gasteiger partial charge < -0.3 is 19.9 Å². The Morgan fingerprint density at radius 3 is 2.59 bits per heavy atom. The summed E-state index contributed by atoms with van der Waals surface area (Å²) in [6.45, 7) is 2.90. The van der Waals surface area contributed by atoms with Gasteiger partial charge >= 0.3 is 0 Å². The lowest BCUT2D eigenvalue weighted by molar-refractivity contribution is -0.270. The predicted octanol–water partition coefficient (Wildman–Crippen LogP) is 2.00. The van der Waals surface area contributed by atoms with Crippen molar-refractivity contribution in [1.29, 1.82) is 0 Å². The van der Waals surface area contributed by atoms with Gasteiger partial charge in [-0.2, -0.15) is 0 Å². The zero-order chi connectivity index (χ0) is 12.5. The molecular weight excluding hydrogens is 286 g/mol. The van der Waals surface area contributed by atoms with Crippen molar-refractivity contribution in [2.45, 2.75) is 18.8 Å². The molecule has 0 atom stereocenters. The van der Waals surface area contributed by atoms with Gasteiger partial charge in [0.15, 0.2) is 5.79 Å². The maximum Gasteiger partial charge on any atom is 0.192 e. The molecular formula is C12H16BrNO3. The van der Waals surface area contributed by atoms with Crippen molar-refractivity contribution < 1.29 is 14.2 Å². The third-order valence-electron chi connectivity index (χ3n) is 2.82. The molecule has 2 rings (SSSR count). The second-order valence-electron chi connectivity index (χ2n) is 4.18. The van der Waals surface area contributed by atoms with Crippen molar-refractivity contribution in [1.82, 2.24) is 0 Å². The summed E-state index contributed by atoms with van der Waals surface area (Å²) in [5.41, 5.74) is 6.67. The van der Waals surface area contributed by atoms with E-state index in [1.807, 2.05) is 25.1 Å². The minimum absolute atomic E-state index is 0.0511. The minimum atomic E-state index is -0.731. The molecule has 0 aromatic heterocycles. The van der Waals surface area contributed by atoms with Crippen molar-refractivity contribution in [3.05, 3.63) is 28.2 Å². The lowest BCUT2D eigenvalue weighted by atomic mass is 10.1. The second-order valence-corrected chi connectivity index (χ2v) is 5.03. The third kappa shape index (κ3) is 2.63. The van der Waals surface area contributed by atoms with Crippen LogP contribution in [0.4, 0.5) is 0 Å². The van der Waals surface area contributed by atoms with Crippen LogP contribution in [0.1, 0.15) is 12.5 Å². The summed E-state index contributed by atoms with van der Waals surface area (Å²) in [6.07, 6.45) is 0. The van der Waals surface area contributed by atoms with Gasteiger partial charge in [-0.3, -0.25) is 0 Å². The van der Waals surface area contributed by atoms with Crippen LogP contribution < -0.4 is 10.5 Å². The lowest BCUT2D eigenvalue weighted by Gasteiger charge is -2.36. The van der Waals surface area contributed by atoms with Gasteiger partial charge in [0.2, 0.25) is 0 Å². The summed E-state index contributed by atoms with van der Waals surface area (Å²) in [6, 6.07) is 5.70. The Labute approximate surface area is 109 Å². The molecule has 0 aliphatic carbocycles. The van der Waals surface area contributed by atoms with Crippen molar-refractivity contribution in [3.63, 3.8) is 0 Å². The first-order chi connectivity index (χ1) is 8.05. The van der Waals surface area contributed by atoms with Crippen LogP contribution in [-0.4, -0.2) is 26.4 Å². The van der Waals surface area contributed by atoms with Crippen LogP contribution >= 0.6 is 15.9 Å². The Kier molecular flexibility index (Phi) is 3.73. The van der Waals surface area contributed by atoms with Gasteiger partial charge in [-0.05, 0) is 41.1 Å². The number of ether oxygens (including phenoxy) is 3. The first-order valence-electron chi connectivity index (χ1n) is 5.42. The van der Waals surface area contributed by atoms with E-state index in [2.05, 4.69) is 15.9 Å². The van der Waals surface area contributed by atoms with Gasteiger partial charge in [0.1, 0.15) is 5.75 Å². The Morgan fingerprint density at radius 1 is 1.41 bits per heavy atom. The highest BCUT2D eigenvalue weighted by Gasteiger charge is 2.34. The maximum atomic E-state index is 5.73. The molecule has 0 radical (unpaired) electrons. The van der Waals surface area contributed by atoms with Crippen LogP contribution in [0.2, 0.25) is 0 Å². The number of methoxy groups -OCH3 is 1. The average molecular weight is 302 g/mol. The summed E-state index contributed by atoms with van der Waals surface area (Å²) < 4.78 is 17.4. The fourth-order valence-electron chi connectivity index (χ4n) is 1.74. The number of halogens is 1. The van der Waals surface area contributed by atoms with Gasteiger partial charge in [-0.25, -0.2) is 0 Å². The molecule has 0 spiro atoms. The molecule has 4 nitrogen and oxygen atoms in total. The van der Waals surface area contributed by atoms with Crippen LogP contribution in [0.5, 0.6) is 5.75 Å². The number of hydrogen-bond donors (Lipinski definition) is 1. The molecule has 1 fully saturated rings. The molecule has 1 aliphatic rings. The van der Waals surface area contributed by atoms with E-state index in [1.165, 1.54) is 0 Å². The van der Waals surface area contributed by atoms with E-state index in [0.29, 0.717) is 13.2 Å². The molecule has 1 aliphatic heterocycles. The topological polar surface area (TPSA) is 53.7 Å². The molecule has 94 valence electrons. The monoisotopic (exact) mass is 301 g/mol. The fraction of sp³-hybridized carbons (Fsp3) is 0.500. The highest BCUT2D eigenvalue weighted by Crippen LogP contribution is 2.34. The van der Waals surface area contributed by atoms with Crippen molar-refractivity contribution in [2.75, 3.05) is 20.3 Å². The fourth-order valence-corrected chi connectivity index (χ4v) is 2.28. The van der Waals surface area contributed by atoms with Crippen LogP contribution in [0.15, 0.2) is 22.7 Å². The minimum Gasteiger partial charge on any atom is -0.496 e. The Bertz CT molecular complexity index is 403. The van der Waals surface area contributed by atoms with E-state index in [-0.39, 0.29) is 6.04 Å². The first-order valence-corrected chi connectivity index (χ1v) is 6.22. The summed E-state index contributed by atoms with van der Waals surface area (Å²) in [4.78, 5) is 0. The van der Waals surface area contributed by atoms with E-state index >= 15 is 0 Å². The highest BCUT2D eigenvalue weighted by atomic mass is 79.9. The number of nitrogens with two attached hydrogens (primary N) is 1. The average Bonchev–Trinajstić information content (AvgIpc) is 2.33. The molecule has 1 saturated heterocycles. The van der Waals surface area contributed by atoms with Crippen molar-refractivity contribution >= 4 is 15.9 Å². The number of benzene rings is 1. The molecule has 0 amide bonds. The van der Waals surface area contributed by atoms with Crippen LogP contribution in [-0.2, 0) is 15.3 Å². The molecule has 2 N–H and O–H groups in total. The summed E-state index contributed by atoms with van der Waals surface area (Å²) in [5.74, 6) is 0.0508. The summed E-state index contributed by atoms with van der Waals surface area (Å²) in [5, 5.41) is 0. The standard InChI is InChI=1S/C12H16BrNO3/c1-12(16-6-9(14)7-17-12)8-3-4-11(15-2)10(13)5-8/h3-5,9H,6-7,14H2,1-2H3. The summed E-state index contributed by atoms with van der Waals surface area (Å²) >= 11 is 3.45. The predicted molar refractivity (Wildman–Crippen MR) is 67.9 cm³/mol. The Balaban J connectivity index is 2.24. The zero-order valence-electron chi connectivity index (χ0n) is 9.90. The molecule has 0 bridgehead atoms. The SMILES string of the molecule is COc1ccc(C2(C)OCC(N)CO2)cc1Br. The largest absolute Gasteiger partial charge is 0.496 e. The Hall–Kier alpha value is -0.620. The van der Waals surface area contributed by atoms with Crippen LogP contribution in [0.3, 0.4) is 0 Å². The Morgan fingerprint density at radius 2 is 2.06 bits per heavy atom. The highest BCUT2D eigenvalue weighted by molar-refractivity contribution is 9.10. The van der Waals surface area contributed by atoms with Gasteiger partial charge in [-0.1, -0.05) is 0 Å². The van der Waals surface area contributed by atoms with Crippen molar-refractivity contribution in [2.24, 2.45) is 5.73 Å². The van der Waals surface area contributed by atoms with E-state index in [1.54, 1.807) is 7.11 Å². The lowest BCUT2D eigenvalue weighted by Crippen LogP contribution is -2.46. The third-order valence-corrected chi connectivity index (χ3v) is 3.44. The smallest absolute Gasteiger partial charge is 0.192 e. The normalized spacial score (nSPS) is 29.1. The first kappa shape index (κ1) is 12.8. The molecule has 0 unspecified atom stereocenters. The summed E-state index contributed by atoms with van der Waals surface area (Å²) in [7, 11) is 1.63. The van der Waals surface area contributed by atoms with Crippen LogP contribution in [0, 0.1) is 0 Å². The van der Waals surface area contributed by atoms with E-state index in [0.717, 1.165) is 15.8 Å². The molecule has 17 heavy (non-hydrogen) atoms. The van der Waals surface area contributed by atoms with Crippen LogP contribution in [0.25, 0.3) is 0 Å². The van der Waals surface area contributed by atoms with E-state index in [4.69, 9.17) is 19.9 Å². The van der Waals surface area contributed by atoms with E-state index < -0.39 is 5.79 Å². The second kappa shape index (κ2) is 4.94. The van der Waals surface area contributed by atoms with E-state index in [9.17, 15) is 0 Å². The molecule has 0 saturated carbocycles. The number of hydrogen-bond acceptors (Lipinski definition) is 4.